The molecule has 0 aliphatic heterocycles. The van der Waals surface area contributed by atoms with Crippen molar-refractivity contribution in [1.82, 2.24) is 0 Å². The van der Waals surface area contributed by atoms with Crippen molar-refractivity contribution >= 4 is 17.9 Å². The Bertz CT molecular complexity index is 1370. The summed E-state index contributed by atoms with van der Waals surface area (Å²) in [5, 5.41) is 11.8. The van der Waals surface area contributed by atoms with Gasteiger partial charge in [-0.25, -0.2) is 0 Å². The summed E-state index contributed by atoms with van der Waals surface area (Å²) in [6.45, 7) is 4.74. The van der Waals surface area contributed by atoms with Crippen LogP contribution in [-0.2, 0) is 33.3 Å². The van der Waals surface area contributed by atoms with Crippen LogP contribution >= 0.6 is 0 Å². The van der Waals surface area contributed by atoms with Crippen LogP contribution in [0.15, 0.2) is 48.6 Å². The predicted molar refractivity (Wildman–Crippen MR) is 315 cm³/mol. The van der Waals surface area contributed by atoms with Crippen LogP contribution in [0.25, 0.3) is 0 Å². The molecular weight excluding hydrogens is 935 g/mol. The van der Waals surface area contributed by atoms with E-state index in [9.17, 15) is 19.5 Å². The molecule has 0 aliphatic rings. The number of quaternary nitrogens is 1. The van der Waals surface area contributed by atoms with E-state index < -0.39 is 24.3 Å². The third-order valence-corrected chi connectivity index (χ3v) is 14.0. The highest BCUT2D eigenvalue weighted by Crippen LogP contribution is 2.17. The molecule has 0 saturated carbocycles. The monoisotopic (exact) mass is 1060 g/mol. The number of carbonyl (C=O) groups excluding carboxylic acids is 3. The molecule has 9 heteroatoms. The first kappa shape index (κ1) is 72.2. The molecule has 75 heavy (non-hydrogen) atoms. The molecule has 0 rings (SSSR count). The Morgan fingerprint density at radius 2 is 0.720 bits per heavy atom. The van der Waals surface area contributed by atoms with Gasteiger partial charge in [-0.1, -0.05) is 255 Å². The minimum absolute atomic E-state index is 0.147. The zero-order valence-electron chi connectivity index (χ0n) is 49.9. The second kappa shape index (κ2) is 57.4. The van der Waals surface area contributed by atoms with Gasteiger partial charge in [0.15, 0.2) is 12.4 Å². The molecule has 2 atom stereocenters. The zero-order valence-corrected chi connectivity index (χ0v) is 49.9. The molecule has 0 N–H and O–H groups in total. The molecular formula is C66H121NO8. The first-order valence-corrected chi connectivity index (χ1v) is 31.8. The molecule has 0 spiro atoms. The smallest absolute Gasteiger partial charge is 0.306 e. The van der Waals surface area contributed by atoms with Gasteiger partial charge in [0.25, 0.3) is 0 Å². The van der Waals surface area contributed by atoms with E-state index in [0.717, 1.165) is 57.8 Å². The minimum atomic E-state index is -1.62. The fourth-order valence-corrected chi connectivity index (χ4v) is 9.13. The summed E-state index contributed by atoms with van der Waals surface area (Å²) in [5.74, 6) is -2.28. The molecule has 0 aromatic heterocycles. The Morgan fingerprint density at radius 3 is 1.08 bits per heavy atom. The fraction of sp³-hybridized carbons (Fsp3) is 0.833. The van der Waals surface area contributed by atoms with Crippen LogP contribution in [0.4, 0.5) is 0 Å². The number of unbranched alkanes of at least 4 members (excludes halogenated alkanes) is 36. The molecule has 0 radical (unpaired) electrons. The van der Waals surface area contributed by atoms with Crippen LogP contribution in [0.2, 0.25) is 0 Å². The molecule has 0 amide bonds. The van der Waals surface area contributed by atoms with Gasteiger partial charge in [-0.05, 0) is 77.0 Å². The Hall–Kier alpha value is -2.75. The minimum Gasteiger partial charge on any atom is -0.545 e. The second-order valence-corrected chi connectivity index (χ2v) is 22.7. The quantitative estimate of drug-likeness (QED) is 0.0195. The number of ether oxygens (including phenoxy) is 4. The van der Waals surface area contributed by atoms with Gasteiger partial charge in [-0.3, -0.25) is 9.59 Å². The van der Waals surface area contributed by atoms with Gasteiger partial charge >= 0.3 is 11.9 Å². The molecule has 0 heterocycles. The van der Waals surface area contributed by atoms with Gasteiger partial charge in [0.1, 0.15) is 13.2 Å². The lowest BCUT2D eigenvalue weighted by atomic mass is 10.0. The average molecular weight is 1060 g/mol. The number of carboxylic acids is 1. The van der Waals surface area contributed by atoms with E-state index in [4.69, 9.17) is 18.9 Å². The maximum Gasteiger partial charge on any atom is 0.306 e. The normalized spacial score (nSPS) is 13.0. The van der Waals surface area contributed by atoms with Crippen molar-refractivity contribution < 1.29 is 42.9 Å². The van der Waals surface area contributed by atoms with Gasteiger partial charge in [0.2, 0.25) is 0 Å². The van der Waals surface area contributed by atoms with E-state index >= 15 is 0 Å². The van der Waals surface area contributed by atoms with Crippen LogP contribution in [0, 0.1) is 0 Å². The number of hydrogen-bond donors (Lipinski definition) is 0. The molecule has 0 saturated heterocycles. The summed E-state index contributed by atoms with van der Waals surface area (Å²) < 4.78 is 22.7. The Balaban J connectivity index is 4.08. The highest BCUT2D eigenvalue weighted by atomic mass is 16.7. The Labute approximate surface area is 463 Å². The number of esters is 2. The van der Waals surface area contributed by atoms with Crippen molar-refractivity contribution in [1.29, 1.82) is 0 Å². The van der Waals surface area contributed by atoms with Gasteiger partial charge in [-0.2, -0.15) is 0 Å². The lowest BCUT2D eigenvalue weighted by Crippen LogP contribution is -2.44. The summed E-state index contributed by atoms with van der Waals surface area (Å²) in [6, 6.07) is 0. The van der Waals surface area contributed by atoms with Crippen LogP contribution in [-0.4, -0.2) is 82.3 Å². The van der Waals surface area contributed by atoms with E-state index in [1.807, 2.05) is 21.1 Å². The molecule has 0 fully saturated rings. The zero-order chi connectivity index (χ0) is 54.8. The standard InChI is InChI=1S/C66H121NO8/c1-6-8-10-12-14-16-18-20-22-24-25-26-27-28-29-30-31-32-33-34-35-36-37-38-39-41-43-45-47-49-51-53-55-57-64(69)75-62(61-74-66(65(70)71)72-59-58-67(3,4)5)60-73-63(68)56-54-52-50-48-46-44-42-40-23-21-19-17-15-13-11-9-7-2/h15,17-18,20-21,23-25,62,66H,6-14,16,19,22,26-61H2,1-5H3/b17-15-,20-18-,23-21-,25-24-. The van der Waals surface area contributed by atoms with Crippen LogP contribution < -0.4 is 5.11 Å². The Morgan fingerprint density at radius 1 is 0.400 bits per heavy atom. The van der Waals surface area contributed by atoms with Crippen molar-refractivity contribution in [2.45, 2.75) is 309 Å². The van der Waals surface area contributed by atoms with E-state index in [1.54, 1.807) is 0 Å². The number of likely N-dealkylation sites (N-methyl/N-ethyl adjacent to an activating group) is 1. The maximum atomic E-state index is 12.9. The van der Waals surface area contributed by atoms with Gasteiger partial charge in [0, 0.05) is 12.8 Å². The highest BCUT2D eigenvalue weighted by Gasteiger charge is 2.22. The topological polar surface area (TPSA) is 111 Å². The number of carboxylic acid groups (broad SMARTS) is 1. The lowest BCUT2D eigenvalue weighted by molar-refractivity contribution is -0.870. The molecule has 0 aromatic carbocycles. The van der Waals surface area contributed by atoms with Crippen LogP contribution in [0.1, 0.15) is 296 Å². The largest absolute Gasteiger partial charge is 0.545 e. The van der Waals surface area contributed by atoms with Crippen molar-refractivity contribution in [3.05, 3.63) is 48.6 Å². The number of aliphatic carboxylic acids is 1. The predicted octanol–water partition coefficient (Wildman–Crippen LogP) is 17.7. The van der Waals surface area contributed by atoms with Gasteiger partial charge in [0.05, 0.1) is 40.3 Å². The number of hydrogen-bond acceptors (Lipinski definition) is 8. The average Bonchev–Trinajstić information content (AvgIpc) is 3.38. The summed E-state index contributed by atoms with van der Waals surface area (Å²) in [4.78, 5) is 37.3. The van der Waals surface area contributed by atoms with Crippen molar-refractivity contribution in [2.24, 2.45) is 0 Å². The van der Waals surface area contributed by atoms with Crippen molar-refractivity contribution in [3.63, 3.8) is 0 Å². The molecule has 438 valence electrons. The summed E-state index contributed by atoms with van der Waals surface area (Å²) in [5.41, 5.74) is 0. The van der Waals surface area contributed by atoms with E-state index in [1.165, 1.54) is 205 Å². The second-order valence-electron chi connectivity index (χ2n) is 22.7. The van der Waals surface area contributed by atoms with Crippen LogP contribution in [0.5, 0.6) is 0 Å². The lowest BCUT2D eigenvalue weighted by Gasteiger charge is -2.26. The number of rotatable bonds is 59. The van der Waals surface area contributed by atoms with Gasteiger partial charge in [-0.15, -0.1) is 0 Å². The first-order valence-electron chi connectivity index (χ1n) is 31.8. The number of carbonyl (C=O) groups is 3. The SMILES string of the molecule is CCCCC/C=C\C/C=C\CCCCCCCCCC(=O)OCC(COC(OCC[N+](C)(C)C)C(=O)[O-])OC(=O)CCCCCCCCCCCCCCCCCCCCCCC/C=C\C/C=C\CCCCCCC. The van der Waals surface area contributed by atoms with Crippen molar-refractivity contribution in [3.8, 4) is 0 Å². The molecule has 0 aromatic rings. The first-order chi connectivity index (χ1) is 36.6. The molecule has 2 unspecified atom stereocenters. The third kappa shape index (κ3) is 58.8. The molecule has 0 bridgehead atoms. The molecule has 9 nitrogen and oxygen atoms in total. The van der Waals surface area contributed by atoms with E-state index in [-0.39, 0.29) is 38.6 Å². The van der Waals surface area contributed by atoms with E-state index in [2.05, 4.69) is 62.5 Å². The Kier molecular flexibility index (Phi) is 55.3. The number of allylic oxidation sites excluding steroid dienone is 8. The third-order valence-electron chi connectivity index (χ3n) is 14.0. The summed E-state index contributed by atoms with van der Waals surface area (Å²) in [7, 11) is 5.93. The summed E-state index contributed by atoms with van der Waals surface area (Å²) in [6.07, 6.45) is 68.9. The maximum absolute atomic E-state index is 12.9. The highest BCUT2D eigenvalue weighted by molar-refractivity contribution is 5.70. The molecule has 0 aliphatic carbocycles. The fourth-order valence-electron chi connectivity index (χ4n) is 9.13. The van der Waals surface area contributed by atoms with Crippen molar-refractivity contribution in [2.75, 3.05) is 47.5 Å². The van der Waals surface area contributed by atoms with Gasteiger partial charge < -0.3 is 33.3 Å². The number of nitrogens with zero attached hydrogens (tertiary/aromatic N) is 1. The summed E-state index contributed by atoms with van der Waals surface area (Å²) >= 11 is 0. The van der Waals surface area contributed by atoms with E-state index in [0.29, 0.717) is 17.4 Å². The van der Waals surface area contributed by atoms with Crippen LogP contribution in [0.3, 0.4) is 0 Å².